The van der Waals surface area contributed by atoms with Crippen molar-refractivity contribution in [3.63, 3.8) is 0 Å². The zero-order chi connectivity index (χ0) is 30.8. The predicted molar refractivity (Wildman–Crippen MR) is 131 cm³/mol. The van der Waals surface area contributed by atoms with Gasteiger partial charge in [-0.1, -0.05) is 6.07 Å². The van der Waals surface area contributed by atoms with E-state index in [1.54, 1.807) is 0 Å². The maximum atomic E-state index is 13.8. The number of benzene rings is 3. The second kappa shape index (κ2) is 10.0. The molecule has 5 rings (SSSR count). The molecule has 2 fully saturated rings. The molecule has 2 aliphatic rings. The fourth-order valence-corrected chi connectivity index (χ4v) is 5.58. The molecule has 3 aromatic rings. The van der Waals surface area contributed by atoms with Crippen LogP contribution in [0.1, 0.15) is 52.8 Å². The van der Waals surface area contributed by atoms with Gasteiger partial charge in [-0.2, -0.15) is 39.5 Å². The van der Waals surface area contributed by atoms with Gasteiger partial charge in [-0.15, -0.1) is 0 Å². The highest BCUT2D eigenvalue weighted by Gasteiger charge is 2.52. The van der Waals surface area contributed by atoms with Crippen LogP contribution >= 0.6 is 0 Å². The van der Waals surface area contributed by atoms with Crippen molar-refractivity contribution in [1.29, 1.82) is 0 Å². The molecule has 1 amide bonds. The van der Waals surface area contributed by atoms with Crippen molar-refractivity contribution in [3.8, 4) is 16.9 Å². The van der Waals surface area contributed by atoms with Gasteiger partial charge in [0.25, 0.3) is 0 Å². The lowest BCUT2D eigenvalue weighted by atomic mass is 9.91. The Hall–Kier alpha value is -4.10. The number of fused-ring (bicyclic) bond motifs is 1. The quantitative estimate of drug-likeness (QED) is 0.240. The molecule has 14 heteroatoms. The number of hydrogen-bond donors (Lipinski definition) is 1. The van der Waals surface area contributed by atoms with Crippen LogP contribution in [0.3, 0.4) is 0 Å². The first-order valence-electron chi connectivity index (χ1n) is 12.4. The highest BCUT2D eigenvalue weighted by atomic mass is 19.4. The van der Waals surface area contributed by atoms with E-state index >= 15 is 0 Å². The Morgan fingerprint density at radius 1 is 0.786 bits per heavy atom. The molecule has 0 bridgehead atoms. The normalized spacial score (nSPS) is 21.0. The average Bonchev–Trinajstić information content (AvgIpc) is 3.48. The number of methoxy groups -OCH3 is 1. The molecule has 3 atom stereocenters. The summed E-state index contributed by atoms with van der Waals surface area (Å²) in [4.78, 5) is 14.2. The minimum absolute atomic E-state index is 0.0302. The third-order valence-corrected chi connectivity index (χ3v) is 7.41. The maximum Gasteiger partial charge on any atom is 0.416 e. The smallest absolute Gasteiger partial charge is 0.416 e. The fraction of sp³-hybridized carbons (Fsp3) is 0.321. The van der Waals surface area contributed by atoms with Crippen LogP contribution in [0.4, 0.5) is 50.0 Å². The summed E-state index contributed by atoms with van der Waals surface area (Å²) in [5.41, 5.74) is 2.08. The summed E-state index contributed by atoms with van der Waals surface area (Å²) in [6.07, 6.45) is -17.5. The molecule has 0 aromatic heterocycles. The van der Waals surface area contributed by atoms with Crippen LogP contribution < -0.4 is 10.5 Å². The number of alkyl halides is 9. The molecule has 2 aliphatic heterocycles. The van der Waals surface area contributed by atoms with Crippen LogP contribution in [-0.4, -0.2) is 24.1 Å². The molecule has 5 nitrogen and oxygen atoms in total. The summed E-state index contributed by atoms with van der Waals surface area (Å²) in [5, 5.41) is 0. The number of ether oxygens (including phenoxy) is 2. The summed E-state index contributed by atoms with van der Waals surface area (Å²) in [6, 6.07) is 6.24. The van der Waals surface area contributed by atoms with E-state index in [1.165, 1.54) is 31.4 Å². The summed E-state index contributed by atoms with van der Waals surface area (Å²) < 4.78 is 133. The van der Waals surface area contributed by atoms with E-state index in [2.05, 4.69) is 0 Å². The third-order valence-electron chi connectivity index (χ3n) is 7.41. The number of nitrogens with zero attached hydrogens (tertiary/aromatic N) is 1. The number of nitrogens with two attached hydrogens (primary N) is 1. The van der Waals surface area contributed by atoms with E-state index in [0.29, 0.717) is 17.7 Å². The number of halogens is 9. The number of carbonyl (C=O) groups is 1. The highest BCUT2D eigenvalue weighted by molar-refractivity contribution is 5.79. The Morgan fingerprint density at radius 3 is 1.98 bits per heavy atom. The largest absolute Gasteiger partial charge is 0.496 e. The van der Waals surface area contributed by atoms with Gasteiger partial charge in [-0.05, 0) is 78.1 Å². The second-order valence-electron chi connectivity index (χ2n) is 9.97. The number of hydrogen-bond acceptors (Lipinski definition) is 4. The first kappa shape index (κ1) is 29.4. The zero-order valence-corrected chi connectivity index (χ0v) is 21.5. The number of rotatable bonds is 4. The van der Waals surface area contributed by atoms with Gasteiger partial charge in [0.2, 0.25) is 0 Å². The van der Waals surface area contributed by atoms with E-state index in [0.717, 1.165) is 17.0 Å². The Labute approximate surface area is 232 Å². The standard InChI is InChI=1S/C28H21F9N2O3/c1-41-23-7-3-17(38)12-20(23)18-4-2-14(26(29,30)31)11-19(18)21-5-6-22-24(42-25(40)39(21)22)13-8-15(27(32,33)34)10-16(9-13)28(35,36)37/h2-4,7-12,21-22,24H,5-6,38H2,1H3. The van der Waals surface area contributed by atoms with Crippen molar-refractivity contribution in [2.75, 3.05) is 12.8 Å². The molecule has 2 saturated heterocycles. The van der Waals surface area contributed by atoms with Crippen molar-refractivity contribution in [3.05, 3.63) is 82.4 Å². The minimum Gasteiger partial charge on any atom is -0.496 e. The molecule has 3 unspecified atom stereocenters. The van der Waals surface area contributed by atoms with E-state index in [9.17, 15) is 44.3 Å². The van der Waals surface area contributed by atoms with Crippen molar-refractivity contribution >= 4 is 11.8 Å². The zero-order valence-electron chi connectivity index (χ0n) is 21.5. The van der Waals surface area contributed by atoms with Gasteiger partial charge in [-0.3, -0.25) is 4.90 Å². The second-order valence-corrected chi connectivity index (χ2v) is 9.97. The molecular weight excluding hydrogens is 583 g/mol. The van der Waals surface area contributed by atoms with Gasteiger partial charge >= 0.3 is 24.6 Å². The van der Waals surface area contributed by atoms with Gasteiger partial charge in [-0.25, -0.2) is 4.79 Å². The van der Waals surface area contributed by atoms with E-state index in [1.807, 2.05) is 0 Å². The molecule has 2 N–H and O–H groups in total. The average molecular weight is 604 g/mol. The van der Waals surface area contributed by atoms with Gasteiger partial charge in [0.15, 0.2) is 0 Å². The van der Waals surface area contributed by atoms with Crippen LogP contribution in [0.25, 0.3) is 11.1 Å². The lowest BCUT2D eigenvalue weighted by Crippen LogP contribution is -2.31. The summed E-state index contributed by atoms with van der Waals surface area (Å²) >= 11 is 0. The number of amides is 1. The first-order valence-corrected chi connectivity index (χ1v) is 12.4. The van der Waals surface area contributed by atoms with Crippen molar-refractivity contribution in [2.24, 2.45) is 0 Å². The lowest BCUT2D eigenvalue weighted by molar-refractivity contribution is -0.143. The fourth-order valence-electron chi connectivity index (χ4n) is 5.58. The predicted octanol–water partition coefficient (Wildman–Crippen LogP) is 8.40. The number of nitrogen functional groups attached to an aromatic ring is 1. The van der Waals surface area contributed by atoms with Crippen LogP contribution in [0.2, 0.25) is 0 Å². The van der Waals surface area contributed by atoms with Crippen LogP contribution in [0.15, 0.2) is 54.6 Å². The molecule has 42 heavy (non-hydrogen) atoms. The molecule has 0 spiro atoms. The minimum atomic E-state index is -5.12. The third kappa shape index (κ3) is 5.29. The van der Waals surface area contributed by atoms with Crippen molar-refractivity contribution < 1.29 is 53.8 Å². The lowest BCUT2D eigenvalue weighted by Gasteiger charge is -2.26. The van der Waals surface area contributed by atoms with Crippen LogP contribution in [-0.2, 0) is 23.3 Å². The van der Waals surface area contributed by atoms with Crippen molar-refractivity contribution in [2.45, 2.75) is 49.6 Å². The molecule has 3 aromatic carbocycles. The highest BCUT2D eigenvalue weighted by Crippen LogP contribution is 2.51. The maximum absolute atomic E-state index is 13.8. The molecule has 0 saturated carbocycles. The number of anilines is 1. The van der Waals surface area contributed by atoms with Gasteiger partial charge in [0, 0.05) is 11.3 Å². The number of carbonyl (C=O) groups excluding carboxylic acids is 1. The topological polar surface area (TPSA) is 64.8 Å². The Kier molecular flexibility index (Phi) is 7.01. The van der Waals surface area contributed by atoms with E-state index in [-0.39, 0.29) is 41.5 Å². The van der Waals surface area contributed by atoms with Crippen LogP contribution in [0, 0.1) is 0 Å². The molecular formula is C28H21F9N2O3. The molecule has 224 valence electrons. The van der Waals surface area contributed by atoms with Gasteiger partial charge < -0.3 is 15.2 Å². The molecule has 0 aliphatic carbocycles. The summed E-state index contributed by atoms with van der Waals surface area (Å²) in [6.45, 7) is 0. The van der Waals surface area contributed by atoms with Crippen LogP contribution in [0.5, 0.6) is 5.75 Å². The summed E-state index contributed by atoms with van der Waals surface area (Å²) in [5.74, 6) is 0.269. The summed E-state index contributed by atoms with van der Waals surface area (Å²) in [7, 11) is 1.34. The SMILES string of the molecule is COc1ccc(N)cc1-c1ccc(C(F)(F)F)cc1C1CCC2C(c3cc(C(F)(F)F)cc(C(F)(F)F)c3)OC(=O)N12. The first-order chi connectivity index (χ1) is 19.5. The molecule has 0 radical (unpaired) electrons. The van der Waals surface area contributed by atoms with E-state index < -0.39 is 65.1 Å². The van der Waals surface area contributed by atoms with Gasteiger partial charge in [0.1, 0.15) is 11.9 Å². The monoisotopic (exact) mass is 604 g/mol. The van der Waals surface area contributed by atoms with E-state index in [4.69, 9.17) is 15.2 Å². The van der Waals surface area contributed by atoms with Gasteiger partial charge in [0.05, 0.1) is 35.9 Å². The Balaban J connectivity index is 1.61. The van der Waals surface area contributed by atoms with Crippen molar-refractivity contribution in [1.82, 2.24) is 4.90 Å². The Bertz CT molecular complexity index is 1500. The molecule has 2 heterocycles. The Morgan fingerprint density at radius 2 is 1.40 bits per heavy atom. The number of cyclic esters (lactones) is 1.